The Balaban J connectivity index is 2.05. The lowest BCUT2D eigenvalue weighted by molar-refractivity contribution is -0.287. The smallest absolute Gasteiger partial charge is 0.305 e. The summed E-state index contributed by atoms with van der Waals surface area (Å²) in [6.07, 6.45) is 3.53. The van der Waals surface area contributed by atoms with Gasteiger partial charge in [-0.15, -0.1) is 0 Å². The van der Waals surface area contributed by atoms with Gasteiger partial charge < -0.3 is 29.9 Å². The number of hydrogen-bond donors (Lipinski definition) is 4. The fraction of sp³-hybridized carbons (Fsp3) is 0.944. The monoisotopic (exact) mass is 362 g/mol. The van der Waals surface area contributed by atoms with E-state index in [2.05, 4.69) is 6.92 Å². The predicted molar refractivity (Wildman–Crippen MR) is 91.7 cm³/mol. The standard InChI is InChI=1S/C18H34O7/c1-2-3-4-5-6-7-8-9-10-11-14(19)24-12-13-15(20)16(21)17(22)18(23)25-13/h13,15-18,20-23H,2-12H2,1H3/t13-,15-,16-,17-,18?/m1/s1. The van der Waals surface area contributed by atoms with Crippen molar-refractivity contribution in [1.82, 2.24) is 0 Å². The third-order valence-electron chi connectivity index (χ3n) is 4.58. The van der Waals surface area contributed by atoms with E-state index in [4.69, 9.17) is 9.47 Å². The highest BCUT2D eigenvalue weighted by atomic mass is 16.6. The van der Waals surface area contributed by atoms with Gasteiger partial charge in [0.05, 0.1) is 0 Å². The maximum Gasteiger partial charge on any atom is 0.305 e. The molecule has 0 aromatic rings. The van der Waals surface area contributed by atoms with Crippen molar-refractivity contribution in [1.29, 1.82) is 0 Å². The van der Waals surface area contributed by atoms with Crippen LogP contribution in [0.4, 0.5) is 0 Å². The SMILES string of the molecule is CCCCCCCCCCCC(=O)OC[C@H]1OC(O)[C@H](O)[C@H](O)[C@@H]1O. The van der Waals surface area contributed by atoms with Crippen LogP contribution in [-0.2, 0) is 14.3 Å². The predicted octanol–water partition coefficient (Wildman–Crippen LogP) is 1.25. The van der Waals surface area contributed by atoms with E-state index in [0.717, 1.165) is 19.3 Å². The first-order chi connectivity index (χ1) is 12.0. The van der Waals surface area contributed by atoms with Crippen molar-refractivity contribution >= 4 is 5.97 Å². The van der Waals surface area contributed by atoms with Gasteiger partial charge in [0, 0.05) is 6.42 Å². The van der Waals surface area contributed by atoms with Crippen LogP contribution in [0.15, 0.2) is 0 Å². The fourth-order valence-electron chi connectivity index (χ4n) is 2.90. The molecule has 0 radical (unpaired) electrons. The average Bonchev–Trinajstić information content (AvgIpc) is 2.60. The van der Waals surface area contributed by atoms with Crippen LogP contribution in [0.5, 0.6) is 0 Å². The van der Waals surface area contributed by atoms with E-state index in [1.54, 1.807) is 0 Å². The van der Waals surface area contributed by atoms with Gasteiger partial charge in [-0.25, -0.2) is 0 Å². The summed E-state index contributed by atoms with van der Waals surface area (Å²) in [5, 5.41) is 38.1. The first kappa shape index (κ1) is 22.3. The van der Waals surface area contributed by atoms with Crippen LogP contribution in [0.2, 0.25) is 0 Å². The molecule has 0 saturated carbocycles. The normalized spacial score (nSPS) is 29.6. The van der Waals surface area contributed by atoms with Crippen molar-refractivity contribution in [3.8, 4) is 0 Å². The molecular weight excluding hydrogens is 328 g/mol. The second kappa shape index (κ2) is 12.6. The number of carbonyl (C=O) groups excluding carboxylic acids is 1. The van der Waals surface area contributed by atoms with Gasteiger partial charge in [-0.1, -0.05) is 58.3 Å². The van der Waals surface area contributed by atoms with E-state index in [1.807, 2.05) is 0 Å². The number of carbonyl (C=O) groups is 1. The first-order valence-electron chi connectivity index (χ1n) is 9.50. The second-order valence-corrected chi connectivity index (χ2v) is 6.80. The molecule has 7 nitrogen and oxygen atoms in total. The lowest BCUT2D eigenvalue weighted by Gasteiger charge is -2.37. The molecule has 0 bridgehead atoms. The maximum atomic E-state index is 11.7. The molecule has 25 heavy (non-hydrogen) atoms. The van der Waals surface area contributed by atoms with Crippen LogP contribution in [-0.4, -0.2) is 63.7 Å². The summed E-state index contributed by atoms with van der Waals surface area (Å²) in [6, 6.07) is 0. The topological polar surface area (TPSA) is 116 Å². The van der Waals surface area contributed by atoms with E-state index in [9.17, 15) is 25.2 Å². The summed E-state index contributed by atoms with van der Waals surface area (Å²) >= 11 is 0. The van der Waals surface area contributed by atoms with Crippen LogP contribution < -0.4 is 0 Å². The van der Waals surface area contributed by atoms with Crippen LogP contribution in [0, 0.1) is 0 Å². The zero-order valence-electron chi connectivity index (χ0n) is 15.2. The molecular formula is C18H34O7. The molecule has 1 saturated heterocycles. The molecule has 1 aliphatic heterocycles. The van der Waals surface area contributed by atoms with Crippen molar-refractivity contribution in [2.45, 2.75) is 102 Å². The number of aliphatic hydroxyl groups excluding tert-OH is 4. The minimum absolute atomic E-state index is 0.266. The Kier molecular flexibility index (Phi) is 11.2. The first-order valence-corrected chi connectivity index (χ1v) is 9.50. The lowest BCUT2D eigenvalue weighted by atomic mass is 9.99. The average molecular weight is 362 g/mol. The van der Waals surface area contributed by atoms with Crippen molar-refractivity contribution < 1.29 is 34.7 Å². The van der Waals surface area contributed by atoms with Crippen LogP contribution in [0.3, 0.4) is 0 Å². The highest BCUT2D eigenvalue weighted by Crippen LogP contribution is 2.20. The molecule has 1 heterocycles. The van der Waals surface area contributed by atoms with Gasteiger partial charge in [-0.2, -0.15) is 0 Å². The van der Waals surface area contributed by atoms with Crippen molar-refractivity contribution in [3.05, 3.63) is 0 Å². The summed E-state index contributed by atoms with van der Waals surface area (Å²) in [5.41, 5.74) is 0. The summed E-state index contributed by atoms with van der Waals surface area (Å²) in [6.45, 7) is 1.94. The summed E-state index contributed by atoms with van der Waals surface area (Å²) in [5.74, 6) is -0.395. The van der Waals surface area contributed by atoms with Gasteiger partial charge in [-0.3, -0.25) is 4.79 Å². The third-order valence-corrected chi connectivity index (χ3v) is 4.58. The molecule has 1 aliphatic rings. The summed E-state index contributed by atoms with van der Waals surface area (Å²) in [4.78, 5) is 11.7. The largest absolute Gasteiger partial charge is 0.463 e. The lowest BCUT2D eigenvalue weighted by Crippen LogP contribution is -2.58. The van der Waals surface area contributed by atoms with Crippen LogP contribution in [0.25, 0.3) is 0 Å². The Morgan fingerprint density at radius 1 is 0.840 bits per heavy atom. The van der Waals surface area contributed by atoms with E-state index in [-0.39, 0.29) is 6.61 Å². The summed E-state index contributed by atoms with van der Waals surface area (Å²) in [7, 11) is 0. The number of rotatable bonds is 12. The molecule has 7 heteroatoms. The van der Waals surface area contributed by atoms with E-state index in [1.165, 1.54) is 38.5 Å². The van der Waals surface area contributed by atoms with Gasteiger partial charge in [0.2, 0.25) is 0 Å². The number of ether oxygens (including phenoxy) is 2. The Labute approximate surface area is 150 Å². The van der Waals surface area contributed by atoms with E-state index in [0.29, 0.717) is 6.42 Å². The molecule has 148 valence electrons. The molecule has 0 spiro atoms. The minimum atomic E-state index is -1.61. The third kappa shape index (κ3) is 8.46. The Morgan fingerprint density at radius 2 is 1.40 bits per heavy atom. The molecule has 0 aliphatic carbocycles. The Morgan fingerprint density at radius 3 is 2.00 bits per heavy atom. The van der Waals surface area contributed by atoms with Crippen LogP contribution in [0.1, 0.15) is 71.1 Å². The molecule has 1 rings (SSSR count). The second-order valence-electron chi connectivity index (χ2n) is 6.80. The van der Waals surface area contributed by atoms with Gasteiger partial charge in [0.1, 0.15) is 31.0 Å². The number of aliphatic hydroxyl groups is 4. The van der Waals surface area contributed by atoms with Crippen molar-refractivity contribution in [2.24, 2.45) is 0 Å². The quantitative estimate of drug-likeness (QED) is 0.305. The van der Waals surface area contributed by atoms with Gasteiger partial charge >= 0.3 is 5.97 Å². The maximum absolute atomic E-state index is 11.7. The van der Waals surface area contributed by atoms with Crippen molar-refractivity contribution in [2.75, 3.05) is 6.61 Å². The van der Waals surface area contributed by atoms with Gasteiger partial charge in [0.25, 0.3) is 0 Å². The highest BCUT2D eigenvalue weighted by molar-refractivity contribution is 5.69. The molecule has 0 amide bonds. The number of esters is 1. The zero-order chi connectivity index (χ0) is 18.7. The zero-order valence-corrected chi connectivity index (χ0v) is 15.2. The molecule has 4 N–H and O–H groups in total. The highest BCUT2D eigenvalue weighted by Gasteiger charge is 2.43. The number of hydrogen-bond acceptors (Lipinski definition) is 7. The molecule has 5 atom stereocenters. The molecule has 1 unspecified atom stereocenters. The number of unbranched alkanes of at least 4 members (excludes halogenated alkanes) is 8. The molecule has 0 aromatic carbocycles. The molecule has 1 fully saturated rings. The molecule has 0 aromatic heterocycles. The summed E-state index contributed by atoms with van der Waals surface area (Å²) < 4.78 is 9.98. The van der Waals surface area contributed by atoms with E-state index >= 15 is 0 Å². The van der Waals surface area contributed by atoms with Gasteiger partial charge in [0.15, 0.2) is 6.29 Å². The van der Waals surface area contributed by atoms with Crippen molar-refractivity contribution in [3.63, 3.8) is 0 Å². The van der Waals surface area contributed by atoms with E-state index < -0.39 is 36.7 Å². The van der Waals surface area contributed by atoms with Crippen LogP contribution >= 0.6 is 0 Å². The Hall–Kier alpha value is -0.730. The van der Waals surface area contributed by atoms with Gasteiger partial charge in [-0.05, 0) is 6.42 Å². The Bertz CT molecular complexity index is 363. The fourth-order valence-corrected chi connectivity index (χ4v) is 2.90. The minimum Gasteiger partial charge on any atom is -0.463 e.